The van der Waals surface area contributed by atoms with Crippen LogP contribution in [0.15, 0.2) is 42.7 Å². The largest absolute Gasteiger partial charge is 0.340 e. The van der Waals surface area contributed by atoms with Gasteiger partial charge in [0.1, 0.15) is 5.82 Å². The number of nitrogens with zero attached hydrogens (tertiary/aromatic N) is 6. The van der Waals surface area contributed by atoms with Crippen molar-refractivity contribution in [3.05, 3.63) is 59.7 Å². The van der Waals surface area contributed by atoms with E-state index in [-0.39, 0.29) is 5.91 Å². The first kappa shape index (κ1) is 18.8. The van der Waals surface area contributed by atoms with Crippen LogP contribution in [0.4, 0.5) is 5.95 Å². The van der Waals surface area contributed by atoms with Crippen molar-refractivity contribution in [1.82, 2.24) is 24.4 Å². The number of carbonyl (C=O) groups is 1. The van der Waals surface area contributed by atoms with Crippen LogP contribution in [0, 0.1) is 25.7 Å². The molecule has 7 nitrogen and oxygen atoms in total. The zero-order chi connectivity index (χ0) is 20.8. The maximum atomic E-state index is 13.4. The van der Waals surface area contributed by atoms with Crippen LogP contribution in [-0.4, -0.2) is 56.5 Å². The molecule has 2 aliphatic heterocycles. The van der Waals surface area contributed by atoms with Crippen LogP contribution < -0.4 is 4.90 Å². The quantitative estimate of drug-likeness (QED) is 0.674. The molecule has 2 aromatic heterocycles. The first-order valence-corrected chi connectivity index (χ1v) is 10.4. The molecule has 154 valence electrons. The molecule has 2 saturated heterocycles. The van der Waals surface area contributed by atoms with E-state index in [0.29, 0.717) is 11.8 Å². The summed E-state index contributed by atoms with van der Waals surface area (Å²) in [5.74, 6) is 2.64. The Morgan fingerprint density at radius 3 is 2.30 bits per heavy atom. The van der Waals surface area contributed by atoms with E-state index in [4.69, 9.17) is 0 Å². The number of imidazole rings is 1. The number of likely N-dealkylation sites (tertiary alicyclic amines) is 1. The molecule has 0 bridgehead atoms. The number of benzene rings is 1. The molecule has 3 aromatic rings. The average molecular weight is 403 g/mol. The number of hydrogen-bond acceptors (Lipinski definition) is 5. The van der Waals surface area contributed by atoms with Gasteiger partial charge in [-0.3, -0.25) is 4.79 Å². The second-order valence-electron chi connectivity index (χ2n) is 8.49. The Morgan fingerprint density at radius 2 is 1.67 bits per heavy atom. The van der Waals surface area contributed by atoms with E-state index in [2.05, 4.69) is 19.9 Å². The standard InChI is InChI=1S/C23H26N6O/c1-15-10-16(2)26-23(25-15)29-13-17-11-28(12-18(17)14-29)22(30)20-7-5-4-6-19(20)21-24-8-9-27(21)3/h4-10,17-18H,11-14H2,1-3H3. The van der Waals surface area contributed by atoms with Gasteiger partial charge in [0.25, 0.3) is 5.91 Å². The molecule has 1 aromatic carbocycles. The molecule has 5 rings (SSSR count). The monoisotopic (exact) mass is 402 g/mol. The number of fused-ring (bicyclic) bond motifs is 1. The Labute approximate surface area is 176 Å². The summed E-state index contributed by atoms with van der Waals surface area (Å²) in [6, 6.07) is 9.78. The molecule has 4 heterocycles. The molecule has 2 unspecified atom stereocenters. The van der Waals surface area contributed by atoms with Crippen LogP contribution >= 0.6 is 0 Å². The second kappa shape index (κ2) is 7.23. The van der Waals surface area contributed by atoms with Crippen LogP contribution in [0.1, 0.15) is 21.7 Å². The van der Waals surface area contributed by atoms with Crippen LogP contribution in [0.3, 0.4) is 0 Å². The highest BCUT2D eigenvalue weighted by Crippen LogP contribution is 2.34. The van der Waals surface area contributed by atoms with Crippen LogP contribution in [0.5, 0.6) is 0 Å². The van der Waals surface area contributed by atoms with Gasteiger partial charge in [-0.2, -0.15) is 0 Å². The lowest BCUT2D eigenvalue weighted by atomic mass is 10.0. The minimum Gasteiger partial charge on any atom is -0.340 e. The highest BCUT2D eigenvalue weighted by molar-refractivity contribution is 6.00. The molecule has 2 atom stereocenters. The Kier molecular flexibility index (Phi) is 4.53. The van der Waals surface area contributed by atoms with E-state index in [1.54, 1.807) is 6.20 Å². The van der Waals surface area contributed by atoms with Gasteiger partial charge in [0.2, 0.25) is 5.95 Å². The van der Waals surface area contributed by atoms with Gasteiger partial charge in [-0.05, 0) is 26.0 Å². The van der Waals surface area contributed by atoms with E-state index in [0.717, 1.165) is 60.5 Å². The molecule has 0 aliphatic carbocycles. The number of aromatic nitrogens is 4. The summed E-state index contributed by atoms with van der Waals surface area (Å²) in [7, 11) is 1.95. The third kappa shape index (κ3) is 3.24. The van der Waals surface area contributed by atoms with Crippen LogP contribution in [0.25, 0.3) is 11.4 Å². The third-order valence-corrected chi connectivity index (χ3v) is 6.25. The molecule has 0 spiro atoms. The zero-order valence-corrected chi connectivity index (χ0v) is 17.6. The number of rotatable bonds is 3. The lowest BCUT2D eigenvalue weighted by Gasteiger charge is -2.23. The molecular weight excluding hydrogens is 376 g/mol. The molecule has 0 radical (unpaired) electrons. The lowest BCUT2D eigenvalue weighted by Crippen LogP contribution is -2.34. The van der Waals surface area contributed by atoms with Crippen molar-refractivity contribution < 1.29 is 4.79 Å². The normalized spacial score (nSPS) is 20.6. The van der Waals surface area contributed by atoms with Crippen molar-refractivity contribution in [2.45, 2.75) is 13.8 Å². The molecule has 2 aliphatic rings. The highest BCUT2D eigenvalue weighted by atomic mass is 16.2. The summed E-state index contributed by atoms with van der Waals surface area (Å²) in [4.78, 5) is 31.4. The maximum absolute atomic E-state index is 13.4. The molecule has 0 saturated carbocycles. The first-order valence-electron chi connectivity index (χ1n) is 10.4. The Bertz CT molecular complexity index is 1070. The van der Waals surface area contributed by atoms with Gasteiger partial charge >= 0.3 is 0 Å². The topological polar surface area (TPSA) is 67.2 Å². The summed E-state index contributed by atoms with van der Waals surface area (Å²) < 4.78 is 1.95. The Morgan fingerprint density at radius 1 is 1.00 bits per heavy atom. The number of amides is 1. The summed E-state index contributed by atoms with van der Waals surface area (Å²) >= 11 is 0. The minimum absolute atomic E-state index is 0.0946. The van der Waals surface area contributed by atoms with Gasteiger partial charge in [-0.15, -0.1) is 0 Å². The number of carbonyl (C=O) groups excluding carboxylic acids is 1. The van der Waals surface area contributed by atoms with Crippen LogP contribution in [-0.2, 0) is 7.05 Å². The molecule has 7 heteroatoms. The molecule has 30 heavy (non-hydrogen) atoms. The van der Waals surface area contributed by atoms with Crippen molar-refractivity contribution in [1.29, 1.82) is 0 Å². The summed E-state index contributed by atoms with van der Waals surface area (Å²) in [6.07, 6.45) is 3.67. The predicted molar refractivity (Wildman–Crippen MR) is 115 cm³/mol. The van der Waals surface area contributed by atoms with E-state index < -0.39 is 0 Å². The molecule has 1 amide bonds. The van der Waals surface area contributed by atoms with Crippen molar-refractivity contribution in [2.24, 2.45) is 18.9 Å². The van der Waals surface area contributed by atoms with Gasteiger partial charge < -0.3 is 14.4 Å². The minimum atomic E-state index is 0.0946. The Balaban J connectivity index is 1.33. The fraction of sp³-hybridized carbons (Fsp3) is 0.391. The summed E-state index contributed by atoms with van der Waals surface area (Å²) in [5, 5.41) is 0. The van der Waals surface area contributed by atoms with Gasteiger partial charge in [0.05, 0.1) is 5.56 Å². The molecular formula is C23H26N6O. The lowest BCUT2D eigenvalue weighted by molar-refractivity contribution is 0.0783. The van der Waals surface area contributed by atoms with Crippen molar-refractivity contribution in [2.75, 3.05) is 31.1 Å². The van der Waals surface area contributed by atoms with Crippen LogP contribution in [0.2, 0.25) is 0 Å². The smallest absolute Gasteiger partial charge is 0.254 e. The zero-order valence-electron chi connectivity index (χ0n) is 17.6. The predicted octanol–water partition coefficient (Wildman–Crippen LogP) is 2.70. The molecule has 2 fully saturated rings. The number of hydrogen-bond donors (Lipinski definition) is 0. The van der Waals surface area contributed by atoms with E-state index in [9.17, 15) is 4.79 Å². The first-order chi connectivity index (χ1) is 14.5. The number of aryl methyl sites for hydroxylation is 3. The van der Waals surface area contributed by atoms with Crippen molar-refractivity contribution >= 4 is 11.9 Å². The van der Waals surface area contributed by atoms with Gasteiger partial charge in [-0.25, -0.2) is 15.0 Å². The fourth-order valence-electron chi connectivity index (χ4n) is 4.83. The summed E-state index contributed by atoms with van der Waals surface area (Å²) in [5.41, 5.74) is 3.60. The van der Waals surface area contributed by atoms with E-state index in [1.807, 2.05) is 66.9 Å². The third-order valence-electron chi connectivity index (χ3n) is 6.25. The highest BCUT2D eigenvalue weighted by Gasteiger charge is 2.42. The van der Waals surface area contributed by atoms with E-state index in [1.165, 1.54) is 0 Å². The summed E-state index contributed by atoms with van der Waals surface area (Å²) in [6.45, 7) is 7.37. The fourth-order valence-corrected chi connectivity index (χ4v) is 4.83. The van der Waals surface area contributed by atoms with Crippen molar-refractivity contribution in [3.8, 4) is 11.4 Å². The Hall–Kier alpha value is -3.22. The van der Waals surface area contributed by atoms with E-state index >= 15 is 0 Å². The van der Waals surface area contributed by atoms with Gasteiger partial charge in [-0.1, -0.05) is 18.2 Å². The molecule has 0 N–H and O–H groups in total. The SMILES string of the molecule is Cc1cc(C)nc(N2CC3CN(C(=O)c4ccccc4-c4nccn4C)CC3C2)n1. The van der Waals surface area contributed by atoms with Crippen molar-refractivity contribution in [3.63, 3.8) is 0 Å². The maximum Gasteiger partial charge on any atom is 0.254 e. The second-order valence-corrected chi connectivity index (χ2v) is 8.49. The van der Waals surface area contributed by atoms with Gasteiger partial charge in [0.15, 0.2) is 0 Å². The van der Waals surface area contributed by atoms with Gasteiger partial charge in [0, 0.05) is 74.4 Å². The number of anilines is 1. The average Bonchev–Trinajstić information content (AvgIpc) is 3.41.